The molecular formula is C13H21N3O3. The zero-order chi connectivity index (χ0) is 14.3. The monoisotopic (exact) mass is 267 g/mol. The fourth-order valence-electron chi connectivity index (χ4n) is 1.60. The van der Waals surface area contributed by atoms with Gasteiger partial charge in [-0.1, -0.05) is 26.7 Å². The molecule has 0 aromatic carbocycles. The van der Waals surface area contributed by atoms with Gasteiger partial charge in [0.05, 0.1) is 0 Å². The third-order valence-electron chi connectivity index (χ3n) is 2.74. The van der Waals surface area contributed by atoms with Gasteiger partial charge < -0.3 is 15.4 Å². The third kappa shape index (κ3) is 4.39. The Morgan fingerprint density at radius 1 is 1.32 bits per heavy atom. The summed E-state index contributed by atoms with van der Waals surface area (Å²) in [7, 11) is 0. The van der Waals surface area contributed by atoms with Crippen LogP contribution >= 0.6 is 0 Å². The Hall–Kier alpha value is -1.85. The minimum absolute atomic E-state index is 0.189. The van der Waals surface area contributed by atoms with Gasteiger partial charge in [-0.25, -0.2) is 4.98 Å². The van der Waals surface area contributed by atoms with Crippen molar-refractivity contribution < 1.29 is 9.90 Å². The predicted octanol–water partition coefficient (Wildman–Crippen LogP) is 1.35. The number of nitrogens with zero attached hydrogens (tertiary/aromatic N) is 1. The topological polar surface area (TPSA) is 95.1 Å². The van der Waals surface area contributed by atoms with Crippen LogP contribution in [0.2, 0.25) is 0 Å². The lowest BCUT2D eigenvalue weighted by Gasteiger charge is -2.07. The number of hydrogen-bond acceptors (Lipinski definition) is 4. The van der Waals surface area contributed by atoms with Crippen LogP contribution in [0, 0.1) is 0 Å². The molecule has 6 heteroatoms. The maximum atomic E-state index is 11.8. The Kier molecular flexibility index (Phi) is 6.05. The molecule has 0 saturated carbocycles. The molecule has 1 aromatic heterocycles. The van der Waals surface area contributed by atoms with Crippen LogP contribution in [0.5, 0.6) is 5.75 Å². The van der Waals surface area contributed by atoms with Crippen LogP contribution in [0.4, 0.5) is 0 Å². The zero-order valence-electron chi connectivity index (χ0n) is 11.5. The third-order valence-corrected chi connectivity index (χ3v) is 2.74. The molecule has 0 spiro atoms. The van der Waals surface area contributed by atoms with Gasteiger partial charge in [-0.3, -0.25) is 9.59 Å². The van der Waals surface area contributed by atoms with Crippen molar-refractivity contribution in [2.45, 2.75) is 46.0 Å². The molecular weight excluding hydrogens is 246 g/mol. The number of nitrogens with one attached hydrogen (secondary N) is 2. The molecule has 0 fully saturated rings. The number of aromatic hydroxyl groups is 1. The van der Waals surface area contributed by atoms with Crippen LogP contribution < -0.4 is 10.9 Å². The highest BCUT2D eigenvalue weighted by Gasteiger charge is 2.17. The number of rotatable bonds is 7. The quantitative estimate of drug-likeness (QED) is 0.650. The number of carbonyl (C=O) groups is 1. The minimum atomic E-state index is -0.665. The molecule has 1 rings (SSSR count). The van der Waals surface area contributed by atoms with E-state index in [1.165, 1.54) is 0 Å². The summed E-state index contributed by atoms with van der Waals surface area (Å²) in [5, 5.41) is 12.2. The second kappa shape index (κ2) is 7.56. The Bertz CT molecular complexity index is 483. The van der Waals surface area contributed by atoms with E-state index < -0.39 is 17.2 Å². The Balaban J connectivity index is 2.88. The number of H-pyrrole nitrogens is 1. The number of aromatic nitrogens is 2. The van der Waals surface area contributed by atoms with Gasteiger partial charge in [0.2, 0.25) is 5.75 Å². The smallest absolute Gasteiger partial charge is 0.293 e. The lowest BCUT2D eigenvalue weighted by atomic mass is 10.2. The summed E-state index contributed by atoms with van der Waals surface area (Å²) in [5.74, 6) is -0.686. The van der Waals surface area contributed by atoms with Crippen LogP contribution in [-0.2, 0) is 6.42 Å². The second-order valence-electron chi connectivity index (χ2n) is 4.42. The van der Waals surface area contributed by atoms with Crippen LogP contribution in [0.1, 0.15) is 55.8 Å². The first-order chi connectivity index (χ1) is 9.10. The van der Waals surface area contributed by atoms with Crippen LogP contribution in [0.15, 0.2) is 4.79 Å². The maximum Gasteiger partial charge on any atom is 0.293 e. The van der Waals surface area contributed by atoms with Gasteiger partial charge in [-0.15, -0.1) is 0 Å². The molecule has 1 aromatic rings. The normalized spacial score (nSPS) is 10.4. The maximum absolute atomic E-state index is 11.8. The van der Waals surface area contributed by atoms with Crippen LogP contribution in [0.3, 0.4) is 0 Å². The molecule has 1 heterocycles. The summed E-state index contributed by atoms with van der Waals surface area (Å²) in [6, 6.07) is 0. The molecule has 0 aliphatic rings. The molecule has 0 atom stereocenters. The van der Waals surface area contributed by atoms with E-state index in [-0.39, 0.29) is 5.69 Å². The summed E-state index contributed by atoms with van der Waals surface area (Å²) >= 11 is 0. The van der Waals surface area contributed by atoms with E-state index in [1.807, 2.05) is 13.8 Å². The summed E-state index contributed by atoms with van der Waals surface area (Å²) in [5.41, 5.74) is -0.854. The summed E-state index contributed by atoms with van der Waals surface area (Å²) < 4.78 is 0. The van der Waals surface area contributed by atoms with E-state index >= 15 is 0 Å². The minimum Gasteiger partial charge on any atom is -0.501 e. The molecule has 1 amide bonds. The lowest BCUT2D eigenvalue weighted by molar-refractivity contribution is 0.0944. The SMILES string of the molecule is CCCCNC(=O)c1nc(CCCC)[nH]c(=O)c1O. The van der Waals surface area contributed by atoms with E-state index in [4.69, 9.17) is 0 Å². The molecule has 0 bridgehead atoms. The fraction of sp³-hybridized carbons (Fsp3) is 0.615. The van der Waals surface area contributed by atoms with Gasteiger partial charge in [0.15, 0.2) is 5.69 Å². The van der Waals surface area contributed by atoms with Gasteiger partial charge in [-0.2, -0.15) is 0 Å². The van der Waals surface area contributed by atoms with Crippen molar-refractivity contribution >= 4 is 5.91 Å². The van der Waals surface area contributed by atoms with E-state index in [0.717, 1.165) is 25.7 Å². The molecule has 0 unspecified atom stereocenters. The number of carbonyl (C=O) groups excluding carboxylic acids is 1. The van der Waals surface area contributed by atoms with Gasteiger partial charge in [0.25, 0.3) is 11.5 Å². The number of hydrogen-bond donors (Lipinski definition) is 3. The van der Waals surface area contributed by atoms with Crippen molar-refractivity contribution in [1.82, 2.24) is 15.3 Å². The highest BCUT2D eigenvalue weighted by atomic mass is 16.3. The highest BCUT2D eigenvalue weighted by Crippen LogP contribution is 2.09. The molecule has 106 valence electrons. The standard InChI is InChI=1S/C13H21N3O3/c1-3-5-7-9-15-10(11(17)13(19)16-9)12(18)14-8-6-4-2/h17H,3-8H2,1-2H3,(H,14,18)(H,15,16,19). The first-order valence-electron chi connectivity index (χ1n) is 6.70. The average molecular weight is 267 g/mol. The van der Waals surface area contributed by atoms with Crippen molar-refractivity contribution in [2.75, 3.05) is 6.54 Å². The Labute approximate surface area is 112 Å². The number of aromatic amines is 1. The van der Waals surface area contributed by atoms with E-state index in [9.17, 15) is 14.7 Å². The van der Waals surface area contributed by atoms with Crippen LogP contribution in [-0.4, -0.2) is 27.5 Å². The molecule has 19 heavy (non-hydrogen) atoms. The molecule has 3 N–H and O–H groups in total. The largest absolute Gasteiger partial charge is 0.501 e. The molecule has 6 nitrogen and oxygen atoms in total. The van der Waals surface area contributed by atoms with Crippen molar-refractivity contribution in [3.63, 3.8) is 0 Å². The lowest BCUT2D eigenvalue weighted by Crippen LogP contribution is -2.28. The van der Waals surface area contributed by atoms with Gasteiger partial charge >= 0.3 is 0 Å². The summed E-state index contributed by atoms with van der Waals surface area (Å²) in [6.07, 6.45) is 4.21. The van der Waals surface area contributed by atoms with Crippen molar-refractivity contribution in [1.29, 1.82) is 0 Å². The van der Waals surface area contributed by atoms with E-state index in [2.05, 4.69) is 15.3 Å². The highest BCUT2D eigenvalue weighted by molar-refractivity contribution is 5.94. The van der Waals surface area contributed by atoms with E-state index in [1.54, 1.807) is 0 Å². The zero-order valence-corrected chi connectivity index (χ0v) is 11.5. The first-order valence-corrected chi connectivity index (χ1v) is 6.70. The van der Waals surface area contributed by atoms with Crippen molar-refractivity contribution in [3.05, 3.63) is 21.9 Å². The van der Waals surface area contributed by atoms with Gasteiger partial charge in [0, 0.05) is 13.0 Å². The van der Waals surface area contributed by atoms with Crippen LogP contribution in [0.25, 0.3) is 0 Å². The van der Waals surface area contributed by atoms with Gasteiger partial charge in [0.1, 0.15) is 5.82 Å². The predicted molar refractivity (Wildman–Crippen MR) is 72.4 cm³/mol. The molecule has 0 saturated heterocycles. The molecule has 0 radical (unpaired) electrons. The first kappa shape index (κ1) is 15.2. The summed E-state index contributed by atoms with van der Waals surface area (Å²) in [4.78, 5) is 29.9. The summed E-state index contributed by atoms with van der Waals surface area (Å²) in [6.45, 7) is 4.54. The molecule has 0 aliphatic carbocycles. The van der Waals surface area contributed by atoms with Crippen molar-refractivity contribution in [2.24, 2.45) is 0 Å². The average Bonchev–Trinajstić information content (AvgIpc) is 2.40. The van der Waals surface area contributed by atoms with E-state index in [0.29, 0.717) is 18.8 Å². The Morgan fingerprint density at radius 3 is 2.63 bits per heavy atom. The van der Waals surface area contributed by atoms with Gasteiger partial charge in [-0.05, 0) is 12.8 Å². The number of unbranched alkanes of at least 4 members (excludes halogenated alkanes) is 2. The number of aryl methyl sites for hydroxylation is 1. The van der Waals surface area contributed by atoms with Crippen molar-refractivity contribution in [3.8, 4) is 5.75 Å². The number of amides is 1. The Morgan fingerprint density at radius 2 is 2.00 bits per heavy atom. The molecule has 0 aliphatic heterocycles. The fourth-order valence-corrected chi connectivity index (χ4v) is 1.60. The second-order valence-corrected chi connectivity index (χ2v) is 4.42.